The number of nitrogens with zero attached hydrogens (tertiary/aromatic N) is 4. The van der Waals surface area contributed by atoms with E-state index in [1.54, 1.807) is 35.2 Å². The molecular weight excluding hydrogens is 408 g/mol. The van der Waals surface area contributed by atoms with Crippen molar-refractivity contribution in [2.75, 3.05) is 32.2 Å². The smallest absolute Gasteiger partial charge is 0.253 e. The van der Waals surface area contributed by atoms with Gasteiger partial charge in [-0.1, -0.05) is 18.2 Å². The number of benzene rings is 2. The van der Waals surface area contributed by atoms with Crippen LogP contribution in [0.25, 0.3) is 0 Å². The second-order valence-electron chi connectivity index (χ2n) is 6.99. The minimum absolute atomic E-state index is 0.0203. The van der Waals surface area contributed by atoms with Crippen LogP contribution in [0, 0.1) is 0 Å². The maximum atomic E-state index is 12.7. The third-order valence-corrected chi connectivity index (χ3v) is 5.12. The van der Waals surface area contributed by atoms with Crippen LogP contribution in [0.1, 0.15) is 29.8 Å². The Kier molecular flexibility index (Phi) is 7.49. The van der Waals surface area contributed by atoms with E-state index in [1.165, 1.54) is 14.2 Å². The summed E-state index contributed by atoms with van der Waals surface area (Å²) in [6.07, 6.45) is 0. The Bertz CT molecular complexity index is 1030. The normalized spacial score (nSPS) is 10.5. The summed E-state index contributed by atoms with van der Waals surface area (Å²) in [4.78, 5) is 25.2. The van der Waals surface area contributed by atoms with Gasteiger partial charge in [0.1, 0.15) is 5.75 Å². The Labute approximate surface area is 188 Å². The number of methoxy groups -OCH3 is 2. The summed E-state index contributed by atoms with van der Waals surface area (Å²) in [5.41, 5.74) is 2.05. The molecule has 0 radical (unpaired) electrons. The molecule has 0 aliphatic rings. The number of hydrogen-bond donors (Lipinski definition) is 1. The zero-order valence-corrected chi connectivity index (χ0v) is 18.8. The molecule has 2 aromatic carbocycles. The fraction of sp³-hybridized carbons (Fsp3) is 0.292. The van der Waals surface area contributed by atoms with Crippen molar-refractivity contribution >= 4 is 17.5 Å². The average Bonchev–Trinajstić information content (AvgIpc) is 2.84. The van der Waals surface area contributed by atoms with E-state index >= 15 is 0 Å². The highest BCUT2D eigenvalue weighted by atomic mass is 16.5. The number of rotatable bonds is 9. The molecule has 8 heteroatoms. The molecule has 8 nitrogen and oxygen atoms in total. The highest BCUT2D eigenvalue weighted by Crippen LogP contribution is 2.30. The van der Waals surface area contributed by atoms with E-state index < -0.39 is 0 Å². The molecule has 0 spiro atoms. The summed E-state index contributed by atoms with van der Waals surface area (Å²) in [5, 5.41) is 10.3. The Morgan fingerprint density at radius 1 is 0.938 bits per heavy atom. The van der Waals surface area contributed by atoms with Crippen molar-refractivity contribution in [3.05, 3.63) is 65.7 Å². The molecule has 1 amide bonds. The lowest BCUT2D eigenvalue weighted by Gasteiger charge is -2.24. The van der Waals surface area contributed by atoms with Gasteiger partial charge in [-0.15, -0.1) is 0 Å². The first-order valence-corrected chi connectivity index (χ1v) is 10.4. The largest absolute Gasteiger partial charge is 0.508 e. The summed E-state index contributed by atoms with van der Waals surface area (Å²) in [6, 6.07) is 15.9. The lowest BCUT2D eigenvalue weighted by Crippen LogP contribution is -2.30. The van der Waals surface area contributed by atoms with Crippen LogP contribution in [0.15, 0.2) is 54.6 Å². The molecule has 0 saturated heterocycles. The van der Waals surface area contributed by atoms with Crippen LogP contribution in [0.4, 0.5) is 11.6 Å². The average molecular weight is 437 g/mol. The molecule has 0 atom stereocenters. The molecule has 3 aromatic rings. The van der Waals surface area contributed by atoms with Crippen molar-refractivity contribution in [2.45, 2.75) is 20.4 Å². The highest BCUT2D eigenvalue weighted by molar-refractivity contribution is 5.94. The SMILES string of the molecule is CCN(CC)C(=O)c1ccc(N(Cc2ccccc2O)c2nc(OC)cc(OC)n2)cc1. The predicted molar refractivity (Wildman–Crippen MR) is 123 cm³/mol. The Balaban J connectivity index is 2.03. The fourth-order valence-electron chi connectivity index (χ4n) is 3.29. The molecule has 0 aliphatic carbocycles. The van der Waals surface area contributed by atoms with Crippen molar-refractivity contribution in [1.82, 2.24) is 14.9 Å². The van der Waals surface area contributed by atoms with Gasteiger partial charge in [0, 0.05) is 29.9 Å². The second kappa shape index (κ2) is 10.5. The maximum absolute atomic E-state index is 12.7. The number of aromatic nitrogens is 2. The third kappa shape index (κ3) is 5.08. The molecule has 32 heavy (non-hydrogen) atoms. The third-order valence-electron chi connectivity index (χ3n) is 5.12. The minimum Gasteiger partial charge on any atom is -0.508 e. The first kappa shape index (κ1) is 22.9. The fourth-order valence-corrected chi connectivity index (χ4v) is 3.29. The van der Waals surface area contributed by atoms with Gasteiger partial charge < -0.3 is 24.4 Å². The summed E-state index contributed by atoms with van der Waals surface area (Å²) in [5.74, 6) is 1.19. The predicted octanol–water partition coefficient (Wildman–Crippen LogP) is 4.02. The number of anilines is 2. The first-order chi connectivity index (χ1) is 15.5. The number of carbonyl (C=O) groups is 1. The number of para-hydroxylation sites is 1. The molecule has 1 heterocycles. The van der Waals surface area contributed by atoms with Gasteiger partial charge in [0.25, 0.3) is 5.91 Å². The molecule has 168 valence electrons. The molecule has 3 rings (SSSR count). The minimum atomic E-state index is -0.0203. The first-order valence-electron chi connectivity index (χ1n) is 10.4. The van der Waals surface area contributed by atoms with Crippen molar-refractivity contribution < 1.29 is 19.4 Å². The Morgan fingerprint density at radius 3 is 2.06 bits per heavy atom. The number of ether oxygens (including phenoxy) is 2. The van der Waals surface area contributed by atoms with E-state index in [1.807, 2.05) is 43.0 Å². The summed E-state index contributed by atoms with van der Waals surface area (Å²) in [6.45, 7) is 5.50. The summed E-state index contributed by atoms with van der Waals surface area (Å²) < 4.78 is 10.6. The van der Waals surface area contributed by atoms with E-state index in [9.17, 15) is 9.90 Å². The van der Waals surface area contributed by atoms with Gasteiger partial charge in [0.05, 0.1) is 26.8 Å². The molecule has 0 aliphatic heterocycles. The van der Waals surface area contributed by atoms with Crippen LogP contribution < -0.4 is 14.4 Å². The van der Waals surface area contributed by atoms with E-state index in [4.69, 9.17) is 9.47 Å². The van der Waals surface area contributed by atoms with E-state index in [2.05, 4.69) is 9.97 Å². The van der Waals surface area contributed by atoms with Crippen LogP contribution in [0.3, 0.4) is 0 Å². The zero-order chi connectivity index (χ0) is 23.1. The lowest BCUT2D eigenvalue weighted by molar-refractivity contribution is 0.0773. The number of phenolic OH excluding ortho intramolecular Hbond substituents is 1. The maximum Gasteiger partial charge on any atom is 0.253 e. The van der Waals surface area contributed by atoms with Gasteiger partial charge >= 0.3 is 0 Å². The topological polar surface area (TPSA) is 88.0 Å². The van der Waals surface area contributed by atoms with E-state index in [0.29, 0.717) is 48.5 Å². The molecule has 0 saturated carbocycles. The monoisotopic (exact) mass is 436 g/mol. The number of amides is 1. The Hall–Kier alpha value is -3.81. The number of aromatic hydroxyl groups is 1. The number of phenols is 1. The quantitative estimate of drug-likeness (QED) is 0.542. The van der Waals surface area contributed by atoms with Crippen LogP contribution >= 0.6 is 0 Å². The van der Waals surface area contributed by atoms with Gasteiger partial charge in [-0.05, 0) is 44.2 Å². The zero-order valence-electron chi connectivity index (χ0n) is 18.8. The molecule has 0 bridgehead atoms. The molecule has 0 unspecified atom stereocenters. The van der Waals surface area contributed by atoms with Crippen LogP contribution in [0.2, 0.25) is 0 Å². The van der Waals surface area contributed by atoms with Crippen LogP contribution in [-0.4, -0.2) is 53.2 Å². The summed E-state index contributed by atoms with van der Waals surface area (Å²) in [7, 11) is 3.04. The van der Waals surface area contributed by atoms with Gasteiger partial charge in [0.2, 0.25) is 17.7 Å². The molecule has 0 fully saturated rings. The summed E-state index contributed by atoms with van der Waals surface area (Å²) >= 11 is 0. The van der Waals surface area contributed by atoms with Crippen molar-refractivity contribution in [2.24, 2.45) is 0 Å². The van der Waals surface area contributed by atoms with Crippen molar-refractivity contribution in [3.63, 3.8) is 0 Å². The van der Waals surface area contributed by atoms with E-state index in [0.717, 1.165) is 5.69 Å². The molecule has 1 aromatic heterocycles. The second-order valence-corrected chi connectivity index (χ2v) is 6.99. The van der Waals surface area contributed by atoms with Crippen LogP contribution in [0.5, 0.6) is 17.5 Å². The van der Waals surface area contributed by atoms with Gasteiger partial charge in [-0.25, -0.2) is 0 Å². The van der Waals surface area contributed by atoms with Gasteiger partial charge in [-0.3, -0.25) is 4.79 Å². The van der Waals surface area contributed by atoms with E-state index in [-0.39, 0.29) is 11.7 Å². The molecular formula is C24H28N4O4. The highest BCUT2D eigenvalue weighted by Gasteiger charge is 2.19. The number of carbonyl (C=O) groups excluding carboxylic acids is 1. The standard InChI is InChI=1S/C24H28N4O4/c1-5-27(6-2)23(30)17-11-13-19(14-12-17)28(16-18-9-7-8-10-20(18)29)24-25-21(31-3)15-22(26-24)32-4/h7-15,29H,5-6,16H2,1-4H3. The van der Waals surface area contributed by atoms with Crippen molar-refractivity contribution in [3.8, 4) is 17.5 Å². The lowest BCUT2D eigenvalue weighted by atomic mass is 10.1. The van der Waals surface area contributed by atoms with Gasteiger partial charge in [-0.2, -0.15) is 9.97 Å². The molecule has 1 N–H and O–H groups in total. The number of hydrogen-bond acceptors (Lipinski definition) is 7. The van der Waals surface area contributed by atoms with Crippen LogP contribution in [-0.2, 0) is 6.54 Å². The van der Waals surface area contributed by atoms with Crippen molar-refractivity contribution in [1.29, 1.82) is 0 Å². The Morgan fingerprint density at radius 2 is 1.53 bits per heavy atom. The van der Waals surface area contributed by atoms with Gasteiger partial charge in [0.15, 0.2) is 0 Å².